The minimum absolute atomic E-state index is 0.662. The Labute approximate surface area is 124 Å². The van der Waals surface area contributed by atoms with Crippen LogP contribution in [0, 0.1) is 18.3 Å². The van der Waals surface area contributed by atoms with Crippen molar-refractivity contribution in [3.05, 3.63) is 65.9 Å². The molecule has 3 rings (SSSR count). The molecule has 0 aliphatic carbocycles. The molecule has 0 saturated carbocycles. The van der Waals surface area contributed by atoms with Crippen LogP contribution in [-0.4, -0.2) is 12.0 Å². The molecule has 0 spiro atoms. The van der Waals surface area contributed by atoms with Crippen molar-refractivity contribution in [3.63, 3.8) is 0 Å². The Balaban J connectivity index is 2.17. The number of benzene rings is 2. The third-order valence-corrected chi connectivity index (χ3v) is 3.55. The smallest absolute Gasteiger partial charge is 0.0992 e. The minimum atomic E-state index is 0.662. The molecule has 0 aliphatic heterocycles. The maximum atomic E-state index is 9.05. The van der Waals surface area contributed by atoms with Gasteiger partial charge in [0.15, 0.2) is 0 Å². The maximum Gasteiger partial charge on any atom is 0.0992 e. The number of fused-ring (bicyclic) bond motifs is 1. The number of hydrogen-bond acceptors (Lipinski definition) is 3. The molecule has 0 amide bonds. The molecule has 3 heteroatoms. The van der Waals surface area contributed by atoms with Gasteiger partial charge in [-0.05, 0) is 37.3 Å². The molecular formula is C18H15N3. The van der Waals surface area contributed by atoms with Crippen LogP contribution in [0.1, 0.15) is 11.3 Å². The highest BCUT2D eigenvalue weighted by molar-refractivity contribution is 5.93. The van der Waals surface area contributed by atoms with Crippen molar-refractivity contribution < 1.29 is 0 Å². The molecule has 2 aromatic carbocycles. The van der Waals surface area contributed by atoms with Crippen molar-refractivity contribution in [2.75, 3.05) is 11.9 Å². The lowest BCUT2D eigenvalue weighted by atomic mass is 10.1. The zero-order valence-corrected chi connectivity index (χ0v) is 12.0. The average molecular weight is 273 g/mol. The first-order valence-corrected chi connectivity index (χ1v) is 6.79. The van der Waals surface area contributed by atoms with Gasteiger partial charge in [-0.3, -0.25) is 4.98 Å². The summed E-state index contributed by atoms with van der Waals surface area (Å²) >= 11 is 0. The van der Waals surface area contributed by atoms with Crippen LogP contribution in [0.15, 0.2) is 54.6 Å². The second-order valence-corrected chi connectivity index (χ2v) is 5.02. The summed E-state index contributed by atoms with van der Waals surface area (Å²) in [5.41, 5.74) is 4.70. The average Bonchev–Trinajstić information content (AvgIpc) is 2.53. The van der Waals surface area contributed by atoms with Crippen molar-refractivity contribution in [2.45, 2.75) is 6.92 Å². The standard InChI is InChI=1S/C18H15N3/c1-13-10-18(16-8-3-4-9-17(16)20-13)21(2)15-7-5-6-14(11-15)12-19/h3-11H,1-2H3. The van der Waals surface area contributed by atoms with Gasteiger partial charge in [-0.2, -0.15) is 5.26 Å². The zero-order chi connectivity index (χ0) is 14.8. The highest BCUT2D eigenvalue weighted by Crippen LogP contribution is 2.31. The Kier molecular flexibility index (Phi) is 3.29. The molecule has 1 aromatic heterocycles. The number of nitrogens with zero attached hydrogens (tertiary/aromatic N) is 3. The van der Waals surface area contributed by atoms with Crippen molar-refractivity contribution in [3.8, 4) is 6.07 Å². The lowest BCUT2D eigenvalue weighted by Crippen LogP contribution is -2.10. The Hall–Kier alpha value is -2.86. The van der Waals surface area contributed by atoms with Gasteiger partial charge in [-0.25, -0.2) is 0 Å². The molecule has 0 fully saturated rings. The van der Waals surface area contributed by atoms with E-state index in [4.69, 9.17) is 5.26 Å². The predicted octanol–water partition coefficient (Wildman–Crippen LogP) is 4.18. The molecular weight excluding hydrogens is 258 g/mol. The van der Waals surface area contributed by atoms with E-state index in [2.05, 4.69) is 28.1 Å². The van der Waals surface area contributed by atoms with Crippen molar-refractivity contribution in [2.24, 2.45) is 0 Å². The van der Waals surface area contributed by atoms with Crippen LogP contribution in [0.5, 0.6) is 0 Å². The second kappa shape index (κ2) is 5.26. The van der Waals surface area contributed by atoms with Gasteiger partial charge in [0.05, 0.1) is 22.8 Å². The molecule has 0 aliphatic rings. The first-order valence-electron chi connectivity index (χ1n) is 6.79. The molecule has 3 nitrogen and oxygen atoms in total. The van der Waals surface area contributed by atoms with E-state index in [9.17, 15) is 0 Å². The lowest BCUT2D eigenvalue weighted by molar-refractivity contribution is 1.18. The van der Waals surface area contributed by atoms with Gasteiger partial charge in [-0.1, -0.05) is 24.3 Å². The van der Waals surface area contributed by atoms with Crippen LogP contribution in [0.4, 0.5) is 11.4 Å². The summed E-state index contributed by atoms with van der Waals surface area (Å²) in [6.07, 6.45) is 0. The summed E-state index contributed by atoms with van der Waals surface area (Å²) in [5.74, 6) is 0. The fraction of sp³-hybridized carbons (Fsp3) is 0.111. The van der Waals surface area contributed by atoms with Crippen LogP contribution in [-0.2, 0) is 0 Å². The van der Waals surface area contributed by atoms with E-state index in [-0.39, 0.29) is 0 Å². The SMILES string of the molecule is Cc1cc(N(C)c2cccc(C#N)c2)c2ccccc2n1. The molecule has 0 saturated heterocycles. The third-order valence-electron chi connectivity index (χ3n) is 3.55. The fourth-order valence-corrected chi connectivity index (χ4v) is 2.49. The van der Waals surface area contributed by atoms with Crippen molar-refractivity contribution in [1.29, 1.82) is 5.26 Å². The Morgan fingerprint density at radius 3 is 2.67 bits per heavy atom. The predicted molar refractivity (Wildman–Crippen MR) is 85.7 cm³/mol. The minimum Gasteiger partial charge on any atom is -0.344 e. The number of nitriles is 1. The van der Waals surface area contributed by atoms with Crippen LogP contribution in [0.25, 0.3) is 10.9 Å². The highest BCUT2D eigenvalue weighted by atomic mass is 15.1. The number of hydrogen-bond donors (Lipinski definition) is 0. The van der Waals surface area contributed by atoms with Gasteiger partial charge in [0.2, 0.25) is 0 Å². The Morgan fingerprint density at radius 2 is 1.86 bits per heavy atom. The maximum absolute atomic E-state index is 9.05. The summed E-state index contributed by atoms with van der Waals surface area (Å²) < 4.78 is 0. The summed E-state index contributed by atoms with van der Waals surface area (Å²) in [4.78, 5) is 6.66. The van der Waals surface area contributed by atoms with Gasteiger partial charge < -0.3 is 4.90 Å². The van der Waals surface area contributed by atoms with E-state index in [0.29, 0.717) is 5.56 Å². The Bertz CT molecular complexity index is 846. The van der Waals surface area contributed by atoms with Crippen molar-refractivity contribution >= 4 is 22.3 Å². The number of rotatable bonds is 2. The van der Waals surface area contributed by atoms with E-state index in [1.54, 1.807) is 0 Å². The van der Waals surface area contributed by atoms with Gasteiger partial charge in [0.25, 0.3) is 0 Å². The van der Waals surface area contributed by atoms with E-state index in [1.807, 2.05) is 56.4 Å². The summed E-state index contributed by atoms with van der Waals surface area (Å²) in [5, 5.41) is 10.2. The molecule has 0 N–H and O–H groups in total. The Morgan fingerprint density at radius 1 is 1.05 bits per heavy atom. The number of aromatic nitrogens is 1. The van der Waals surface area contributed by atoms with E-state index in [1.165, 1.54) is 0 Å². The molecule has 0 radical (unpaired) electrons. The van der Waals surface area contributed by atoms with E-state index < -0.39 is 0 Å². The van der Waals surface area contributed by atoms with Crippen LogP contribution in [0.2, 0.25) is 0 Å². The highest BCUT2D eigenvalue weighted by Gasteiger charge is 2.10. The van der Waals surface area contributed by atoms with Crippen LogP contribution < -0.4 is 4.90 Å². The van der Waals surface area contributed by atoms with Gasteiger partial charge in [0.1, 0.15) is 0 Å². The normalized spacial score (nSPS) is 10.3. The number of pyridine rings is 1. The quantitative estimate of drug-likeness (QED) is 0.703. The number of para-hydroxylation sites is 1. The molecule has 21 heavy (non-hydrogen) atoms. The second-order valence-electron chi connectivity index (χ2n) is 5.02. The number of aryl methyl sites for hydroxylation is 1. The van der Waals surface area contributed by atoms with E-state index in [0.717, 1.165) is 28.0 Å². The molecule has 102 valence electrons. The number of anilines is 2. The van der Waals surface area contributed by atoms with E-state index >= 15 is 0 Å². The molecule has 0 bridgehead atoms. The first-order chi connectivity index (χ1) is 10.2. The summed E-state index contributed by atoms with van der Waals surface area (Å²) in [6, 6.07) is 20.0. The van der Waals surface area contributed by atoms with Gasteiger partial charge in [-0.15, -0.1) is 0 Å². The zero-order valence-electron chi connectivity index (χ0n) is 12.0. The molecule has 0 atom stereocenters. The van der Waals surface area contributed by atoms with Gasteiger partial charge in [0, 0.05) is 23.8 Å². The van der Waals surface area contributed by atoms with Crippen LogP contribution in [0.3, 0.4) is 0 Å². The molecule has 0 unspecified atom stereocenters. The monoisotopic (exact) mass is 273 g/mol. The lowest BCUT2D eigenvalue weighted by Gasteiger charge is -2.22. The largest absolute Gasteiger partial charge is 0.344 e. The van der Waals surface area contributed by atoms with Crippen molar-refractivity contribution in [1.82, 2.24) is 4.98 Å². The van der Waals surface area contributed by atoms with Gasteiger partial charge >= 0.3 is 0 Å². The summed E-state index contributed by atoms with van der Waals surface area (Å²) in [6.45, 7) is 2.00. The molecule has 1 heterocycles. The molecule has 3 aromatic rings. The summed E-state index contributed by atoms with van der Waals surface area (Å²) in [7, 11) is 2.01. The third kappa shape index (κ3) is 2.44. The topological polar surface area (TPSA) is 39.9 Å². The fourth-order valence-electron chi connectivity index (χ4n) is 2.49. The van der Waals surface area contributed by atoms with Crippen LogP contribution >= 0.6 is 0 Å². The first kappa shape index (κ1) is 13.1.